The van der Waals surface area contributed by atoms with Crippen molar-refractivity contribution >= 4 is 23.6 Å². The first kappa shape index (κ1) is 19.3. The Bertz CT molecular complexity index is 877. The largest absolute Gasteiger partial charge is 0.465 e. The molecule has 1 heterocycles. The van der Waals surface area contributed by atoms with Crippen LogP contribution in [0.2, 0.25) is 0 Å². The van der Waals surface area contributed by atoms with Gasteiger partial charge in [-0.3, -0.25) is 4.79 Å². The molecule has 2 aromatic carbocycles. The van der Waals surface area contributed by atoms with Gasteiger partial charge in [0.05, 0.1) is 18.2 Å². The van der Waals surface area contributed by atoms with Gasteiger partial charge in [-0.2, -0.15) is 0 Å². The summed E-state index contributed by atoms with van der Waals surface area (Å²) in [5.41, 5.74) is 0.988. The van der Waals surface area contributed by atoms with Crippen molar-refractivity contribution in [1.82, 2.24) is 9.80 Å². The van der Waals surface area contributed by atoms with E-state index < -0.39 is 5.97 Å². The van der Waals surface area contributed by atoms with E-state index in [2.05, 4.69) is 5.32 Å². The molecule has 28 heavy (non-hydrogen) atoms. The Morgan fingerprint density at radius 1 is 0.893 bits per heavy atom. The molecule has 146 valence electrons. The van der Waals surface area contributed by atoms with Crippen LogP contribution in [-0.2, 0) is 4.74 Å². The zero-order valence-corrected chi connectivity index (χ0v) is 15.4. The van der Waals surface area contributed by atoms with E-state index in [9.17, 15) is 18.8 Å². The number of anilines is 1. The third-order valence-electron chi connectivity index (χ3n) is 4.51. The molecule has 1 fully saturated rings. The molecule has 0 saturated carbocycles. The number of esters is 1. The number of hydrogen-bond acceptors (Lipinski definition) is 4. The standard InChI is InChI=1S/C20H20FN3O4/c1-28-19(26)17-5-3-2-4-16(17)18(25)23-10-12-24(13-11-23)20(27)22-15-8-6-14(21)7-9-15/h2-9H,10-13H2,1H3,(H,22,27). The van der Waals surface area contributed by atoms with E-state index in [-0.39, 0.29) is 28.9 Å². The second-order valence-electron chi connectivity index (χ2n) is 6.25. The molecule has 0 spiro atoms. The van der Waals surface area contributed by atoms with E-state index in [0.717, 1.165) is 0 Å². The molecule has 3 amide bonds. The number of carbonyl (C=O) groups excluding carboxylic acids is 3. The molecule has 8 heteroatoms. The fourth-order valence-electron chi connectivity index (χ4n) is 2.98. The summed E-state index contributed by atoms with van der Waals surface area (Å²) in [7, 11) is 1.27. The predicted molar refractivity (Wildman–Crippen MR) is 101 cm³/mol. The predicted octanol–water partition coefficient (Wildman–Crippen LogP) is 2.60. The zero-order chi connectivity index (χ0) is 20.1. The molecule has 0 aromatic heterocycles. The van der Waals surface area contributed by atoms with Crippen LogP contribution in [0, 0.1) is 5.82 Å². The molecule has 0 bridgehead atoms. The lowest BCUT2D eigenvalue weighted by atomic mass is 10.1. The first-order valence-electron chi connectivity index (χ1n) is 8.77. The molecule has 7 nitrogen and oxygen atoms in total. The van der Waals surface area contributed by atoms with E-state index in [1.54, 1.807) is 34.1 Å². The number of methoxy groups -OCH3 is 1. The molecule has 0 aliphatic carbocycles. The van der Waals surface area contributed by atoms with Crippen LogP contribution < -0.4 is 5.32 Å². The molecule has 1 aliphatic rings. The monoisotopic (exact) mass is 385 g/mol. The summed E-state index contributed by atoms with van der Waals surface area (Å²) in [4.78, 5) is 40.2. The Hall–Kier alpha value is -3.42. The quantitative estimate of drug-likeness (QED) is 0.824. The number of nitrogens with zero attached hydrogens (tertiary/aromatic N) is 2. The average molecular weight is 385 g/mol. The van der Waals surface area contributed by atoms with Crippen molar-refractivity contribution in [3.63, 3.8) is 0 Å². The second-order valence-corrected chi connectivity index (χ2v) is 6.25. The van der Waals surface area contributed by atoms with Gasteiger partial charge in [0.25, 0.3) is 5.91 Å². The normalized spacial score (nSPS) is 13.8. The number of piperazine rings is 1. The van der Waals surface area contributed by atoms with Crippen molar-refractivity contribution in [3.05, 3.63) is 65.5 Å². The Kier molecular flexibility index (Phi) is 5.88. The van der Waals surface area contributed by atoms with E-state index in [1.165, 1.54) is 31.4 Å². The molecule has 2 aromatic rings. The molecular formula is C20H20FN3O4. The van der Waals surface area contributed by atoms with Gasteiger partial charge in [0.1, 0.15) is 5.82 Å². The maximum Gasteiger partial charge on any atom is 0.338 e. The van der Waals surface area contributed by atoms with Gasteiger partial charge >= 0.3 is 12.0 Å². The number of urea groups is 1. The van der Waals surface area contributed by atoms with Gasteiger partial charge in [-0.05, 0) is 36.4 Å². The van der Waals surface area contributed by atoms with Crippen molar-refractivity contribution in [1.29, 1.82) is 0 Å². The van der Waals surface area contributed by atoms with Crippen LogP contribution in [0.3, 0.4) is 0 Å². The summed E-state index contributed by atoms with van der Waals surface area (Å²) in [6.07, 6.45) is 0. The summed E-state index contributed by atoms with van der Waals surface area (Å²) in [6.45, 7) is 1.37. The summed E-state index contributed by atoms with van der Waals surface area (Å²) in [6, 6.07) is 11.7. The van der Waals surface area contributed by atoms with Crippen LogP contribution in [0.5, 0.6) is 0 Å². The molecule has 0 radical (unpaired) electrons. The molecule has 1 N–H and O–H groups in total. The van der Waals surface area contributed by atoms with E-state index in [1.807, 2.05) is 0 Å². The highest BCUT2D eigenvalue weighted by Gasteiger charge is 2.27. The van der Waals surface area contributed by atoms with Crippen LogP contribution in [0.4, 0.5) is 14.9 Å². The summed E-state index contributed by atoms with van der Waals surface area (Å²) >= 11 is 0. The number of hydrogen-bond donors (Lipinski definition) is 1. The lowest BCUT2D eigenvalue weighted by Gasteiger charge is -2.35. The van der Waals surface area contributed by atoms with Gasteiger partial charge in [0.2, 0.25) is 0 Å². The van der Waals surface area contributed by atoms with Crippen LogP contribution in [0.15, 0.2) is 48.5 Å². The SMILES string of the molecule is COC(=O)c1ccccc1C(=O)N1CCN(C(=O)Nc2ccc(F)cc2)CC1. The summed E-state index contributed by atoms with van der Waals surface area (Å²) in [5, 5.41) is 2.70. The highest BCUT2D eigenvalue weighted by Crippen LogP contribution is 2.16. The smallest absolute Gasteiger partial charge is 0.338 e. The van der Waals surface area contributed by atoms with Gasteiger partial charge in [0.15, 0.2) is 0 Å². The number of benzene rings is 2. The Balaban J connectivity index is 1.61. The maximum absolute atomic E-state index is 12.9. The Morgan fingerprint density at radius 3 is 2.07 bits per heavy atom. The van der Waals surface area contributed by atoms with Crippen molar-refractivity contribution in [2.75, 3.05) is 38.6 Å². The Labute approximate surface area is 161 Å². The molecule has 1 aliphatic heterocycles. The number of nitrogens with one attached hydrogen (secondary N) is 1. The van der Waals surface area contributed by atoms with Crippen molar-refractivity contribution < 1.29 is 23.5 Å². The van der Waals surface area contributed by atoms with Crippen molar-refractivity contribution in [2.24, 2.45) is 0 Å². The van der Waals surface area contributed by atoms with Gasteiger partial charge in [-0.25, -0.2) is 14.0 Å². The molecule has 0 unspecified atom stereocenters. The third kappa shape index (κ3) is 4.28. The zero-order valence-electron chi connectivity index (χ0n) is 15.4. The van der Waals surface area contributed by atoms with Gasteiger partial charge < -0.3 is 19.9 Å². The minimum absolute atomic E-state index is 0.214. The Morgan fingerprint density at radius 2 is 1.46 bits per heavy atom. The highest BCUT2D eigenvalue weighted by molar-refractivity contribution is 6.05. The molecule has 1 saturated heterocycles. The third-order valence-corrected chi connectivity index (χ3v) is 4.51. The lowest BCUT2D eigenvalue weighted by molar-refractivity contribution is 0.0582. The first-order chi connectivity index (χ1) is 13.5. The van der Waals surface area contributed by atoms with Crippen LogP contribution in [0.1, 0.15) is 20.7 Å². The van der Waals surface area contributed by atoms with Crippen LogP contribution >= 0.6 is 0 Å². The highest BCUT2D eigenvalue weighted by atomic mass is 19.1. The van der Waals surface area contributed by atoms with E-state index in [4.69, 9.17) is 4.74 Å². The van der Waals surface area contributed by atoms with Crippen LogP contribution in [0.25, 0.3) is 0 Å². The number of halogens is 1. The minimum atomic E-state index is -0.568. The number of amides is 3. The lowest BCUT2D eigenvalue weighted by Crippen LogP contribution is -2.51. The second kappa shape index (κ2) is 8.51. The minimum Gasteiger partial charge on any atom is -0.465 e. The number of carbonyl (C=O) groups is 3. The summed E-state index contributed by atoms with van der Waals surface area (Å²) in [5.74, 6) is -1.22. The van der Waals surface area contributed by atoms with Crippen molar-refractivity contribution in [3.8, 4) is 0 Å². The average Bonchev–Trinajstić information content (AvgIpc) is 2.74. The molecule has 3 rings (SSSR count). The number of rotatable bonds is 3. The fraction of sp³-hybridized carbons (Fsp3) is 0.250. The van der Waals surface area contributed by atoms with Crippen LogP contribution in [-0.4, -0.2) is 61.0 Å². The van der Waals surface area contributed by atoms with Gasteiger partial charge in [0, 0.05) is 31.9 Å². The van der Waals surface area contributed by atoms with Gasteiger partial charge in [-0.15, -0.1) is 0 Å². The number of ether oxygens (including phenoxy) is 1. The van der Waals surface area contributed by atoms with E-state index in [0.29, 0.717) is 31.9 Å². The maximum atomic E-state index is 12.9. The van der Waals surface area contributed by atoms with E-state index >= 15 is 0 Å². The van der Waals surface area contributed by atoms with Gasteiger partial charge in [-0.1, -0.05) is 12.1 Å². The van der Waals surface area contributed by atoms with Crippen molar-refractivity contribution in [2.45, 2.75) is 0 Å². The first-order valence-corrected chi connectivity index (χ1v) is 8.77. The summed E-state index contributed by atoms with van der Waals surface area (Å²) < 4.78 is 17.7. The molecule has 0 atom stereocenters. The fourth-order valence-corrected chi connectivity index (χ4v) is 2.98. The topological polar surface area (TPSA) is 79.0 Å². The molecular weight excluding hydrogens is 365 g/mol.